The number of ketones is 1. The van der Waals surface area contributed by atoms with Gasteiger partial charge < -0.3 is 9.64 Å². The van der Waals surface area contributed by atoms with Crippen molar-refractivity contribution < 1.29 is 14.3 Å². The molecule has 0 radical (unpaired) electrons. The summed E-state index contributed by atoms with van der Waals surface area (Å²) < 4.78 is 6.00. The van der Waals surface area contributed by atoms with Crippen molar-refractivity contribution in [2.45, 2.75) is 58.4 Å². The third kappa shape index (κ3) is 5.63. The number of thiocarbonyl (C=S) groups is 1. The molecule has 0 saturated carbocycles. The fourth-order valence-electron chi connectivity index (χ4n) is 4.11. The van der Waals surface area contributed by atoms with Gasteiger partial charge in [-0.05, 0) is 49.0 Å². The zero-order valence-electron chi connectivity index (χ0n) is 19.3. The molecule has 1 amide bonds. The minimum Gasteiger partial charge on any atom is -0.485 e. The van der Waals surface area contributed by atoms with Crippen LogP contribution in [-0.4, -0.2) is 40.8 Å². The lowest BCUT2D eigenvalue weighted by atomic mass is 9.84. The van der Waals surface area contributed by atoms with E-state index in [1.54, 1.807) is 4.90 Å². The molecule has 0 bridgehead atoms. The molecular formula is C27H33NO3S. The number of hydrogen-bond acceptors (Lipinski definition) is 4. The zero-order chi connectivity index (χ0) is 23.1. The Kier molecular flexibility index (Phi) is 8.19. The van der Waals surface area contributed by atoms with E-state index in [0.29, 0.717) is 24.6 Å². The van der Waals surface area contributed by atoms with Crippen LogP contribution in [0.25, 0.3) is 0 Å². The second-order valence-electron chi connectivity index (χ2n) is 9.05. The molecule has 5 heteroatoms. The minimum atomic E-state index is -0.661. The molecule has 1 fully saturated rings. The standard InChI is InChI=1S/C27H33NO3S/c1-4-27(2,3)24(29)25(30)28-18-11-16-23(28)26(32)31-19-17-22(20-12-7-5-8-13-20)21-14-9-6-10-15-21/h5-10,12-15,22-23H,4,11,16-19H2,1-3H3/t23-/m0/s1. The second-order valence-corrected chi connectivity index (χ2v) is 9.46. The second kappa shape index (κ2) is 10.9. The molecule has 2 aromatic carbocycles. The Labute approximate surface area is 197 Å². The average molecular weight is 452 g/mol. The summed E-state index contributed by atoms with van der Waals surface area (Å²) in [6.45, 7) is 6.58. The largest absolute Gasteiger partial charge is 0.485 e. The fourth-order valence-corrected chi connectivity index (χ4v) is 4.43. The van der Waals surface area contributed by atoms with Crippen molar-refractivity contribution in [3.05, 3.63) is 71.8 Å². The maximum atomic E-state index is 12.9. The first-order chi connectivity index (χ1) is 15.3. The number of rotatable bonds is 9. The van der Waals surface area contributed by atoms with Crippen molar-refractivity contribution in [2.24, 2.45) is 5.41 Å². The molecule has 0 aromatic heterocycles. The Morgan fingerprint density at radius 3 is 2.16 bits per heavy atom. The lowest BCUT2D eigenvalue weighted by molar-refractivity contribution is -0.149. The molecule has 1 saturated heterocycles. The van der Waals surface area contributed by atoms with E-state index in [0.717, 1.165) is 19.3 Å². The highest BCUT2D eigenvalue weighted by atomic mass is 32.1. The van der Waals surface area contributed by atoms with Gasteiger partial charge in [0.05, 0.1) is 6.61 Å². The molecule has 1 aliphatic heterocycles. The van der Waals surface area contributed by atoms with Gasteiger partial charge >= 0.3 is 0 Å². The van der Waals surface area contributed by atoms with Crippen LogP contribution in [0.2, 0.25) is 0 Å². The van der Waals surface area contributed by atoms with Crippen molar-refractivity contribution in [3.63, 3.8) is 0 Å². The summed E-state index contributed by atoms with van der Waals surface area (Å²) in [5.41, 5.74) is 1.81. The van der Waals surface area contributed by atoms with Crippen LogP contribution < -0.4 is 0 Å². The highest BCUT2D eigenvalue weighted by Crippen LogP contribution is 2.29. The Hall–Kier alpha value is -2.53. The molecular weight excluding hydrogens is 418 g/mol. The monoisotopic (exact) mass is 451 g/mol. The van der Waals surface area contributed by atoms with Crippen LogP contribution in [0.5, 0.6) is 0 Å². The van der Waals surface area contributed by atoms with E-state index >= 15 is 0 Å². The third-order valence-corrected chi connectivity index (χ3v) is 6.92. The summed E-state index contributed by atoms with van der Waals surface area (Å²) in [7, 11) is 0. The van der Waals surface area contributed by atoms with Gasteiger partial charge in [0, 0.05) is 17.9 Å². The highest BCUT2D eigenvalue weighted by molar-refractivity contribution is 7.80. The number of carbonyl (C=O) groups excluding carboxylic acids is 2. The first-order valence-electron chi connectivity index (χ1n) is 11.5. The Morgan fingerprint density at radius 1 is 1.06 bits per heavy atom. The van der Waals surface area contributed by atoms with E-state index in [2.05, 4.69) is 24.3 Å². The Balaban J connectivity index is 1.64. The zero-order valence-corrected chi connectivity index (χ0v) is 20.1. The number of Topliss-reactive ketones (excluding diaryl/α,β-unsaturated/α-hetero) is 1. The first-order valence-corrected chi connectivity index (χ1v) is 11.9. The fraction of sp³-hybridized carbons (Fsp3) is 0.444. The van der Waals surface area contributed by atoms with Crippen LogP contribution in [-0.2, 0) is 14.3 Å². The quantitative estimate of drug-likeness (QED) is 0.370. The predicted molar refractivity (Wildman–Crippen MR) is 132 cm³/mol. The van der Waals surface area contributed by atoms with Crippen molar-refractivity contribution in [1.82, 2.24) is 4.90 Å². The molecule has 1 aliphatic rings. The Bertz CT molecular complexity index is 887. The number of nitrogens with zero attached hydrogens (tertiary/aromatic N) is 1. The van der Waals surface area contributed by atoms with E-state index < -0.39 is 11.3 Å². The van der Waals surface area contributed by atoms with Gasteiger partial charge in [0.25, 0.3) is 5.91 Å². The molecule has 4 nitrogen and oxygen atoms in total. The molecule has 32 heavy (non-hydrogen) atoms. The average Bonchev–Trinajstić information content (AvgIpc) is 3.32. The number of ether oxygens (including phenoxy) is 1. The third-order valence-electron chi connectivity index (χ3n) is 6.53. The molecule has 0 unspecified atom stereocenters. The van der Waals surface area contributed by atoms with E-state index in [1.165, 1.54) is 11.1 Å². The summed E-state index contributed by atoms with van der Waals surface area (Å²) in [6.07, 6.45) is 2.97. The van der Waals surface area contributed by atoms with Gasteiger partial charge in [-0.2, -0.15) is 0 Å². The maximum absolute atomic E-state index is 12.9. The molecule has 1 atom stereocenters. The van der Waals surface area contributed by atoms with Crippen molar-refractivity contribution in [3.8, 4) is 0 Å². The van der Waals surface area contributed by atoms with Gasteiger partial charge in [-0.25, -0.2) is 0 Å². The molecule has 0 aliphatic carbocycles. The molecule has 0 N–H and O–H groups in total. The smallest absolute Gasteiger partial charge is 0.291 e. The number of likely N-dealkylation sites (tertiary alicyclic amines) is 1. The van der Waals surface area contributed by atoms with Crippen LogP contribution in [0.15, 0.2) is 60.7 Å². The molecule has 2 aromatic rings. The van der Waals surface area contributed by atoms with Crippen LogP contribution in [0.3, 0.4) is 0 Å². The Morgan fingerprint density at radius 2 is 1.62 bits per heavy atom. The van der Waals surface area contributed by atoms with Gasteiger partial charge in [0.2, 0.25) is 5.78 Å². The number of carbonyl (C=O) groups is 2. The van der Waals surface area contributed by atoms with Gasteiger partial charge in [-0.1, -0.05) is 81.4 Å². The lowest BCUT2D eigenvalue weighted by Gasteiger charge is -2.28. The van der Waals surface area contributed by atoms with Crippen LogP contribution in [0.1, 0.15) is 63.5 Å². The van der Waals surface area contributed by atoms with Crippen molar-refractivity contribution in [2.75, 3.05) is 13.2 Å². The van der Waals surface area contributed by atoms with Crippen LogP contribution >= 0.6 is 12.2 Å². The molecule has 170 valence electrons. The van der Waals surface area contributed by atoms with E-state index in [1.807, 2.05) is 57.2 Å². The van der Waals surface area contributed by atoms with Gasteiger partial charge in [-0.15, -0.1) is 0 Å². The summed E-state index contributed by atoms with van der Waals surface area (Å²) in [5, 5.41) is 0.415. The topological polar surface area (TPSA) is 46.6 Å². The van der Waals surface area contributed by atoms with Gasteiger partial charge in [0.1, 0.15) is 6.04 Å². The summed E-state index contributed by atoms with van der Waals surface area (Å²) in [4.78, 5) is 27.2. The highest BCUT2D eigenvalue weighted by Gasteiger charge is 2.40. The lowest BCUT2D eigenvalue weighted by Crippen LogP contribution is -2.47. The minimum absolute atomic E-state index is 0.202. The number of hydrogen-bond donors (Lipinski definition) is 0. The SMILES string of the molecule is CCC(C)(C)C(=O)C(=O)N1CCC[C@H]1C(=S)OCCC(c1ccccc1)c1ccccc1. The normalized spacial score (nSPS) is 16.2. The van der Waals surface area contributed by atoms with Crippen LogP contribution in [0.4, 0.5) is 0 Å². The van der Waals surface area contributed by atoms with E-state index in [-0.39, 0.29) is 17.7 Å². The van der Waals surface area contributed by atoms with Gasteiger partial charge in [0.15, 0.2) is 5.05 Å². The number of amides is 1. The van der Waals surface area contributed by atoms with Crippen molar-refractivity contribution in [1.29, 1.82) is 0 Å². The molecule has 0 spiro atoms. The predicted octanol–water partition coefficient (Wildman–Crippen LogP) is 5.55. The van der Waals surface area contributed by atoms with E-state index in [4.69, 9.17) is 17.0 Å². The summed E-state index contributed by atoms with van der Waals surface area (Å²) in [6, 6.07) is 20.5. The van der Waals surface area contributed by atoms with E-state index in [9.17, 15) is 9.59 Å². The number of benzene rings is 2. The van der Waals surface area contributed by atoms with Crippen molar-refractivity contribution >= 4 is 29.0 Å². The maximum Gasteiger partial charge on any atom is 0.291 e. The summed E-state index contributed by atoms with van der Waals surface area (Å²) >= 11 is 5.58. The first kappa shape index (κ1) is 24.1. The summed E-state index contributed by atoms with van der Waals surface area (Å²) in [5.74, 6) is -0.576. The van der Waals surface area contributed by atoms with Gasteiger partial charge in [-0.3, -0.25) is 9.59 Å². The molecule has 3 rings (SSSR count). The van der Waals surface area contributed by atoms with Crippen LogP contribution in [0, 0.1) is 5.41 Å². The molecule has 1 heterocycles.